The summed E-state index contributed by atoms with van der Waals surface area (Å²) < 4.78 is 2.62. The quantitative estimate of drug-likeness (QED) is 0.0553. The Morgan fingerprint density at radius 3 is 2.08 bits per heavy atom. The van der Waals surface area contributed by atoms with Crippen LogP contribution in [0.5, 0.6) is 0 Å². The first-order valence-electron chi connectivity index (χ1n) is 19.8. The molecule has 1 atom stereocenters. The van der Waals surface area contributed by atoms with Crippen molar-refractivity contribution < 1.29 is 4.79 Å². The Kier molecular flexibility index (Phi) is 10.6. The Hall–Kier alpha value is -4.11. The standard InChI is InChI=1S/C47H56N2O/c1-5-6-7-8-9-10-11-12-30-49-41-27-26-35-18-14-19-37-38-20-15-21-39-40(31-42(49)46(44(38)39)45(41)43(35)37)34-22-24-36(25-23-34)47(50)48-29-28-33(4)17-13-16-32(2)3/h14-15,18-27,31-33H,5-13,16-17,28-30H2,1-4H3,(H,48,50)/t33-/m1/s1. The monoisotopic (exact) mass is 664 g/mol. The highest BCUT2D eigenvalue weighted by Gasteiger charge is 2.23. The highest BCUT2D eigenvalue weighted by Crippen LogP contribution is 2.48. The van der Waals surface area contributed by atoms with Gasteiger partial charge in [-0.3, -0.25) is 4.79 Å². The van der Waals surface area contributed by atoms with E-state index < -0.39 is 0 Å². The molecule has 260 valence electrons. The SMILES string of the molecule is CCCCCCCCCCn1c2ccc3cccc4c5cccc6c(-c7ccc(C(=O)NCC[C@H](C)CCCC(C)C)cc7)cc1c(c65)c2c34. The number of amides is 1. The van der Waals surface area contributed by atoms with Crippen LogP contribution >= 0.6 is 0 Å². The fourth-order valence-electron chi connectivity index (χ4n) is 8.59. The Labute approximate surface area is 299 Å². The average Bonchev–Trinajstić information content (AvgIpc) is 3.45. The number of rotatable bonds is 18. The van der Waals surface area contributed by atoms with Crippen molar-refractivity contribution in [2.75, 3.05) is 6.54 Å². The van der Waals surface area contributed by atoms with Crippen molar-refractivity contribution in [2.24, 2.45) is 11.8 Å². The van der Waals surface area contributed by atoms with E-state index in [-0.39, 0.29) is 5.91 Å². The number of nitrogens with one attached hydrogen (secondary N) is 1. The van der Waals surface area contributed by atoms with Crippen molar-refractivity contribution in [2.45, 2.75) is 111 Å². The summed E-state index contributed by atoms with van der Waals surface area (Å²) in [5.74, 6) is 1.41. The molecule has 0 aliphatic carbocycles. The first kappa shape index (κ1) is 34.3. The highest BCUT2D eigenvalue weighted by molar-refractivity contribution is 6.41. The molecule has 0 saturated heterocycles. The molecule has 7 aromatic rings. The van der Waals surface area contributed by atoms with Gasteiger partial charge < -0.3 is 9.88 Å². The van der Waals surface area contributed by atoms with Gasteiger partial charge in [0, 0.05) is 40.3 Å². The summed E-state index contributed by atoms with van der Waals surface area (Å²) in [6.07, 6.45) is 15.4. The number of hydrogen-bond acceptors (Lipinski definition) is 1. The van der Waals surface area contributed by atoms with Crippen LogP contribution < -0.4 is 5.32 Å². The van der Waals surface area contributed by atoms with E-state index in [1.54, 1.807) is 0 Å². The predicted octanol–water partition coefficient (Wildman–Crippen LogP) is 13.5. The molecule has 50 heavy (non-hydrogen) atoms. The van der Waals surface area contributed by atoms with E-state index in [1.807, 2.05) is 12.1 Å². The number of carbonyl (C=O) groups excluding carboxylic acids is 1. The lowest BCUT2D eigenvalue weighted by molar-refractivity contribution is 0.0951. The molecule has 0 aliphatic heterocycles. The minimum Gasteiger partial charge on any atom is -0.352 e. The number of carbonyl (C=O) groups is 1. The van der Waals surface area contributed by atoms with E-state index >= 15 is 0 Å². The molecule has 7 rings (SSSR count). The number of nitrogens with zero attached hydrogens (tertiary/aromatic N) is 1. The smallest absolute Gasteiger partial charge is 0.251 e. The summed E-state index contributed by atoms with van der Waals surface area (Å²) in [5.41, 5.74) is 5.83. The number of hydrogen-bond donors (Lipinski definition) is 1. The summed E-state index contributed by atoms with van der Waals surface area (Å²) in [5, 5.41) is 14.1. The summed E-state index contributed by atoms with van der Waals surface area (Å²) in [4.78, 5) is 13.1. The van der Waals surface area contributed by atoms with Crippen LogP contribution in [0.25, 0.3) is 65.3 Å². The zero-order valence-electron chi connectivity index (χ0n) is 30.9. The Bertz CT molecular complexity index is 2170. The second-order valence-corrected chi connectivity index (χ2v) is 15.6. The number of fused-ring (bicyclic) bond motifs is 1. The van der Waals surface area contributed by atoms with Gasteiger partial charge in [-0.2, -0.15) is 0 Å². The minimum atomic E-state index is 0.0223. The van der Waals surface area contributed by atoms with Crippen molar-refractivity contribution in [3.05, 3.63) is 84.4 Å². The molecule has 1 amide bonds. The molecule has 1 aromatic heterocycles. The first-order chi connectivity index (χ1) is 24.5. The maximum Gasteiger partial charge on any atom is 0.251 e. The van der Waals surface area contributed by atoms with Crippen molar-refractivity contribution >= 4 is 60.0 Å². The summed E-state index contributed by atoms with van der Waals surface area (Å²) in [6.45, 7) is 10.9. The molecule has 1 N–H and O–H groups in total. The topological polar surface area (TPSA) is 34.0 Å². The lowest BCUT2D eigenvalue weighted by Gasteiger charge is -2.16. The van der Waals surface area contributed by atoms with Crippen LogP contribution in [0.4, 0.5) is 0 Å². The van der Waals surface area contributed by atoms with E-state index in [0.29, 0.717) is 5.92 Å². The molecule has 0 bridgehead atoms. The van der Waals surface area contributed by atoms with E-state index in [1.165, 1.54) is 130 Å². The Morgan fingerprint density at radius 1 is 0.640 bits per heavy atom. The molecular formula is C47H56N2O. The molecule has 0 spiro atoms. The van der Waals surface area contributed by atoms with Gasteiger partial charge in [0.25, 0.3) is 5.91 Å². The van der Waals surface area contributed by atoms with Gasteiger partial charge in [-0.05, 0) is 87.0 Å². The Morgan fingerprint density at radius 2 is 1.32 bits per heavy atom. The van der Waals surface area contributed by atoms with Gasteiger partial charge in [-0.15, -0.1) is 0 Å². The summed E-state index contributed by atoms with van der Waals surface area (Å²) in [6, 6.07) is 29.1. The van der Waals surface area contributed by atoms with Gasteiger partial charge in [-0.1, -0.05) is 147 Å². The maximum atomic E-state index is 13.1. The Balaban J connectivity index is 1.19. The number of unbranched alkanes of at least 4 members (excludes halogenated alkanes) is 7. The van der Waals surface area contributed by atoms with Gasteiger partial charge in [0.05, 0.1) is 5.52 Å². The van der Waals surface area contributed by atoms with Crippen molar-refractivity contribution in [1.82, 2.24) is 9.88 Å². The molecule has 6 aromatic carbocycles. The third-order valence-corrected chi connectivity index (χ3v) is 11.4. The fraction of sp³-hybridized carbons (Fsp3) is 0.426. The third kappa shape index (κ3) is 6.81. The van der Waals surface area contributed by atoms with Crippen molar-refractivity contribution in [3.8, 4) is 11.1 Å². The minimum absolute atomic E-state index is 0.0223. The molecule has 1 heterocycles. The van der Waals surface area contributed by atoms with Gasteiger partial charge in [-0.25, -0.2) is 0 Å². The van der Waals surface area contributed by atoms with Crippen LogP contribution in [-0.2, 0) is 6.54 Å². The van der Waals surface area contributed by atoms with Crippen LogP contribution in [0.1, 0.15) is 115 Å². The van der Waals surface area contributed by atoms with Gasteiger partial charge in [0.1, 0.15) is 0 Å². The summed E-state index contributed by atoms with van der Waals surface area (Å²) >= 11 is 0. The molecule has 0 fully saturated rings. The molecule has 0 saturated carbocycles. The van der Waals surface area contributed by atoms with Gasteiger partial charge in [0.15, 0.2) is 0 Å². The fourth-order valence-corrected chi connectivity index (χ4v) is 8.59. The largest absolute Gasteiger partial charge is 0.352 e. The third-order valence-electron chi connectivity index (χ3n) is 11.4. The van der Waals surface area contributed by atoms with Crippen LogP contribution in [0.2, 0.25) is 0 Å². The lowest BCUT2D eigenvalue weighted by Crippen LogP contribution is -2.25. The van der Waals surface area contributed by atoms with Crippen molar-refractivity contribution in [1.29, 1.82) is 0 Å². The van der Waals surface area contributed by atoms with Gasteiger partial charge >= 0.3 is 0 Å². The normalized spacial score (nSPS) is 12.9. The average molecular weight is 665 g/mol. The second-order valence-electron chi connectivity index (χ2n) is 15.6. The first-order valence-corrected chi connectivity index (χ1v) is 19.8. The maximum absolute atomic E-state index is 13.1. The number of aryl methyl sites for hydroxylation is 1. The zero-order chi connectivity index (χ0) is 34.6. The predicted molar refractivity (Wildman–Crippen MR) is 217 cm³/mol. The molecule has 3 nitrogen and oxygen atoms in total. The van der Waals surface area contributed by atoms with Crippen LogP contribution in [0.3, 0.4) is 0 Å². The summed E-state index contributed by atoms with van der Waals surface area (Å²) in [7, 11) is 0. The number of aromatic nitrogens is 1. The van der Waals surface area contributed by atoms with Crippen LogP contribution in [0.15, 0.2) is 78.9 Å². The number of benzene rings is 6. The van der Waals surface area contributed by atoms with E-state index in [9.17, 15) is 4.79 Å². The van der Waals surface area contributed by atoms with Gasteiger partial charge in [0.2, 0.25) is 0 Å². The molecule has 0 aliphatic rings. The van der Waals surface area contributed by atoms with Crippen LogP contribution in [0, 0.1) is 11.8 Å². The molecular weight excluding hydrogens is 609 g/mol. The van der Waals surface area contributed by atoms with Crippen molar-refractivity contribution in [3.63, 3.8) is 0 Å². The second kappa shape index (κ2) is 15.4. The van der Waals surface area contributed by atoms with E-state index in [4.69, 9.17) is 0 Å². The molecule has 3 heteroatoms. The van der Waals surface area contributed by atoms with E-state index in [2.05, 4.69) is 104 Å². The highest BCUT2D eigenvalue weighted by atomic mass is 16.1. The zero-order valence-corrected chi connectivity index (χ0v) is 30.9. The van der Waals surface area contributed by atoms with Crippen LogP contribution in [-0.4, -0.2) is 17.0 Å². The van der Waals surface area contributed by atoms with E-state index in [0.717, 1.165) is 36.6 Å². The lowest BCUT2D eigenvalue weighted by atomic mass is 9.87. The molecule has 0 radical (unpaired) electrons. The molecule has 0 unspecified atom stereocenters.